The Kier molecular flexibility index (Phi) is 7.99. The molecule has 4 aromatic heterocycles. The van der Waals surface area contributed by atoms with Crippen molar-refractivity contribution in [2.75, 3.05) is 0 Å². The number of nitrogens with zero attached hydrogens (tertiary/aromatic N) is 8. The highest BCUT2D eigenvalue weighted by Gasteiger charge is 2.24. The predicted molar refractivity (Wildman–Crippen MR) is 232 cm³/mol. The number of para-hydroxylation sites is 6. The molecule has 10 aromatic rings. The molecule has 1 atom stereocenters. The third-order valence-electron chi connectivity index (χ3n) is 10.5. The smallest absolute Gasteiger partial charge is 0.169 e. The van der Waals surface area contributed by atoms with Gasteiger partial charge in [-0.05, 0) is 72.3 Å². The molecule has 1 aliphatic heterocycles. The van der Waals surface area contributed by atoms with E-state index in [1.807, 2.05) is 48.5 Å². The molecular formula is C49H33N9. The van der Waals surface area contributed by atoms with Crippen LogP contribution in [0.1, 0.15) is 23.0 Å². The number of fused-ring (bicyclic) bond motifs is 3. The maximum atomic E-state index is 5.22. The first kappa shape index (κ1) is 33.3. The summed E-state index contributed by atoms with van der Waals surface area (Å²) in [5.41, 5.74) is 11.5. The molecule has 0 saturated heterocycles. The normalized spacial score (nSPS) is 14.0. The summed E-state index contributed by atoms with van der Waals surface area (Å²) in [5, 5.41) is 4.45. The Bertz CT molecular complexity index is 3180. The van der Waals surface area contributed by atoms with Crippen molar-refractivity contribution in [2.24, 2.45) is 9.98 Å². The van der Waals surface area contributed by atoms with E-state index in [9.17, 15) is 0 Å². The fourth-order valence-electron chi connectivity index (χ4n) is 7.76. The first-order valence-corrected chi connectivity index (χ1v) is 19.1. The van der Waals surface area contributed by atoms with Crippen LogP contribution in [0, 0.1) is 0 Å². The maximum Gasteiger partial charge on any atom is 0.169 e. The van der Waals surface area contributed by atoms with Gasteiger partial charge in [-0.3, -0.25) is 19.1 Å². The van der Waals surface area contributed by atoms with E-state index < -0.39 is 6.17 Å². The molecule has 274 valence electrons. The number of hydrogen-bond donors (Lipinski definition) is 1. The zero-order valence-corrected chi connectivity index (χ0v) is 31.1. The van der Waals surface area contributed by atoms with E-state index in [0.29, 0.717) is 17.4 Å². The number of pyridine rings is 2. The van der Waals surface area contributed by atoms with Crippen molar-refractivity contribution in [1.82, 2.24) is 34.4 Å². The number of rotatable bonds is 7. The van der Waals surface area contributed by atoms with Crippen LogP contribution in [0.4, 0.5) is 0 Å². The second-order valence-electron chi connectivity index (χ2n) is 14.1. The lowest BCUT2D eigenvalue weighted by Gasteiger charge is -2.22. The van der Waals surface area contributed by atoms with Crippen LogP contribution in [0.5, 0.6) is 0 Å². The SMILES string of the molecule is c1ccc(-n2c(-c3ccc(C4=NC(c5ccc(-c6nc7ccccc7n6-c6ccccc6)cc5)N=C(c5nccc6ncccc56)N4)cc3)nc3ccccc32)cc1. The molecule has 0 aliphatic carbocycles. The summed E-state index contributed by atoms with van der Waals surface area (Å²) >= 11 is 0. The minimum Gasteiger partial charge on any atom is -0.323 e. The van der Waals surface area contributed by atoms with Crippen molar-refractivity contribution in [3.63, 3.8) is 0 Å². The van der Waals surface area contributed by atoms with Gasteiger partial charge in [0.1, 0.15) is 23.2 Å². The van der Waals surface area contributed by atoms with Gasteiger partial charge in [-0.2, -0.15) is 0 Å². The highest BCUT2D eigenvalue weighted by Crippen LogP contribution is 2.33. The molecule has 1 unspecified atom stereocenters. The molecule has 0 fully saturated rings. The summed E-state index contributed by atoms with van der Waals surface area (Å²) in [6, 6.07) is 59.8. The van der Waals surface area contributed by atoms with Crippen molar-refractivity contribution >= 4 is 44.6 Å². The minimum absolute atomic E-state index is 0.538. The summed E-state index contributed by atoms with van der Waals surface area (Å²) in [6.45, 7) is 0. The number of amidine groups is 2. The van der Waals surface area contributed by atoms with E-state index >= 15 is 0 Å². The Morgan fingerprint density at radius 3 is 1.57 bits per heavy atom. The van der Waals surface area contributed by atoms with E-state index in [1.54, 1.807) is 12.4 Å². The largest absolute Gasteiger partial charge is 0.323 e. The number of aliphatic imine (C=N–C) groups is 2. The summed E-state index contributed by atoms with van der Waals surface area (Å²) in [7, 11) is 0. The average Bonchev–Trinajstić information content (AvgIpc) is 3.89. The van der Waals surface area contributed by atoms with Gasteiger partial charge in [0.15, 0.2) is 12.0 Å². The zero-order chi connectivity index (χ0) is 38.4. The van der Waals surface area contributed by atoms with Crippen LogP contribution in [0.15, 0.2) is 198 Å². The molecule has 9 heteroatoms. The number of nitrogens with one attached hydrogen (secondary N) is 1. The third kappa shape index (κ3) is 5.81. The molecule has 0 saturated carbocycles. The van der Waals surface area contributed by atoms with Gasteiger partial charge in [-0.1, -0.05) is 109 Å². The molecule has 9 nitrogen and oxygen atoms in total. The Balaban J connectivity index is 0.994. The van der Waals surface area contributed by atoms with Crippen LogP contribution in [-0.4, -0.2) is 40.7 Å². The molecule has 11 rings (SSSR count). The monoisotopic (exact) mass is 747 g/mol. The summed E-state index contributed by atoms with van der Waals surface area (Å²) < 4.78 is 4.42. The molecule has 0 radical (unpaired) electrons. The lowest BCUT2D eigenvalue weighted by atomic mass is 10.1. The van der Waals surface area contributed by atoms with Crippen LogP contribution >= 0.6 is 0 Å². The van der Waals surface area contributed by atoms with Gasteiger partial charge >= 0.3 is 0 Å². The molecule has 58 heavy (non-hydrogen) atoms. The van der Waals surface area contributed by atoms with Gasteiger partial charge in [-0.25, -0.2) is 20.0 Å². The number of aromatic nitrogens is 6. The molecule has 0 amide bonds. The quantitative estimate of drug-likeness (QED) is 0.175. The zero-order valence-electron chi connectivity index (χ0n) is 31.1. The first-order chi connectivity index (χ1) is 28.7. The van der Waals surface area contributed by atoms with E-state index in [2.05, 4.69) is 147 Å². The van der Waals surface area contributed by atoms with Crippen molar-refractivity contribution in [1.29, 1.82) is 0 Å². The van der Waals surface area contributed by atoms with Gasteiger partial charge in [-0.15, -0.1) is 0 Å². The third-order valence-corrected chi connectivity index (χ3v) is 10.5. The minimum atomic E-state index is -0.538. The molecule has 0 spiro atoms. The summed E-state index contributed by atoms with van der Waals surface area (Å²) in [6.07, 6.45) is 3.03. The van der Waals surface area contributed by atoms with Gasteiger partial charge in [0.05, 0.1) is 27.6 Å². The highest BCUT2D eigenvalue weighted by molar-refractivity contribution is 6.18. The van der Waals surface area contributed by atoms with E-state index in [1.165, 1.54) is 0 Å². The second-order valence-corrected chi connectivity index (χ2v) is 14.1. The van der Waals surface area contributed by atoms with Crippen LogP contribution < -0.4 is 5.32 Å². The lowest BCUT2D eigenvalue weighted by molar-refractivity contribution is 0.755. The number of imidazole rings is 2. The van der Waals surface area contributed by atoms with E-state index in [4.69, 9.17) is 24.9 Å². The molecule has 5 heterocycles. The van der Waals surface area contributed by atoms with Crippen LogP contribution in [0.25, 0.3) is 67.1 Å². The van der Waals surface area contributed by atoms with Crippen LogP contribution in [0.3, 0.4) is 0 Å². The Morgan fingerprint density at radius 1 is 0.414 bits per heavy atom. The summed E-state index contributed by atoms with van der Waals surface area (Å²) in [4.78, 5) is 29.9. The van der Waals surface area contributed by atoms with Gasteiger partial charge < -0.3 is 5.32 Å². The molecule has 6 aromatic carbocycles. The fourth-order valence-corrected chi connectivity index (χ4v) is 7.76. The van der Waals surface area contributed by atoms with Crippen molar-refractivity contribution in [3.05, 3.63) is 205 Å². The van der Waals surface area contributed by atoms with Crippen LogP contribution in [-0.2, 0) is 0 Å². The average molecular weight is 748 g/mol. The van der Waals surface area contributed by atoms with Gasteiger partial charge in [0.25, 0.3) is 0 Å². The molecule has 1 N–H and O–H groups in total. The van der Waals surface area contributed by atoms with E-state index in [0.717, 1.165) is 78.2 Å². The van der Waals surface area contributed by atoms with Gasteiger partial charge in [0.2, 0.25) is 0 Å². The van der Waals surface area contributed by atoms with E-state index in [-0.39, 0.29) is 0 Å². The van der Waals surface area contributed by atoms with Crippen LogP contribution in [0.2, 0.25) is 0 Å². The molecular weight excluding hydrogens is 715 g/mol. The first-order valence-electron chi connectivity index (χ1n) is 19.1. The number of hydrogen-bond acceptors (Lipinski definition) is 7. The Labute approximate surface area is 333 Å². The maximum absolute atomic E-state index is 5.22. The van der Waals surface area contributed by atoms with Crippen molar-refractivity contribution in [3.8, 4) is 34.2 Å². The fraction of sp³-hybridized carbons (Fsp3) is 0.0204. The Morgan fingerprint density at radius 2 is 0.948 bits per heavy atom. The molecule has 0 bridgehead atoms. The summed E-state index contributed by atoms with van der Waals surface area (Å²) in [5.74, 6) is 3.05. The molecule has 1 aliphatic rings. The van der Waals surface area contributed by atoms with Crippen molar-refractivity contribution < 1.29 is 0 Å². The highest BCUT2D eigenvalue weighted by atomic mass is 15.2. The second kappa shape index (κ2) is 13.9. The lowest BCUT2D eigenvalue weighted by Crippen LogP contribution is -2.36. The predicted octanol–water partition coefficient (Wildman–Crippen LogP) is 10.1. The standard InChI is InChI=1S/C49H33N9/c1-3-12-36(13-4-1)57-42-19-9-7-17-40(42)52-48(57)34-25-21-32(22-26-34)45-54-46(56-47(55-45)44-38-16-11-30-50-39(38)29-31-51-44)33-23-27-35(28-24-33)49-53-41-18-8-10-20-43(41)58(49)37-14-5-2-6-15-37/h1-31,45H,(H,54,55,56). The van der Waals surface area contributed by atoms with Gasteiger partial charge in [0, 0.05) is 45.8 Å². The van der Waals surface area contributed by atoms with Crippen molar-refractivity contribution in [2.45, 2.75) is 6.17 Å². The topological polar surface area (TPSA) is 98.2 Å². The Hall–Kier alpha value is -8.04. The number of benzene rings is 6.